The van der Waals surface area contributed by atoms with Gasteiger partial charge < -0.3 is 20.9 Å². The van der Waals surface area contributed by atoms with Crippen molar-refractivity contribution in [1.82, 2.24) is 0 Å². The van der Waals surface area contributed by atoms with Crippen LogP contribution in [0.2, 0.25) is 0 Å². The molecule has 1 fully saturated rings. The minimum atomic E-state index is -0.110. The van der Waals surface area contributed by atoms with E-state index in [2.05, 4.69) is 5.32 Å². The highest BCUT2D eigenvalue weighted by Crippen LogP contribution is 2.39. The summed E-state index contributed by atoms with van der Waals surface area (Å²) < 4.78 is 5.13. The second-order valence-corrected chi connectivity index (χ2v) is 4.02. The molecule has 0 radical (unpaired) electrons. The highest BCUT2D eigenvalue weighted by Gasteiger charge is 2.41. The standard InChI is InChI=1S/C11H16N2O2/c1-15-10-6-8(2-3-9(10)12)13-11(7-14)4-5-11/h2-3,6,13-14H,4-5,7,12H2,1H3. The first-order valence-electron chi connectivity index (χ1n) is 5.02. The van der Waals surface area contributed by atoms with Gasteiger partial charge in [-0.05, 0) is 25.0 Å². The summed E-state index contributed by atoms with van der Waals surface area (Å²) in [5.74, 6) is 0.661. The quantitative estimate of drug-likeness (QED) is 0.651. The van der Waals surface area contributed by atoms with Gasteiger partial charge in [0.1, 0.15) is 5.75 Å². The molecular weight excluding hydrogens is 192 g/mol. The van der Waals surface area contributed by atoms with Crippen molar-refractivity contribution in [2.75, 3.05) is 24.8 Å². The van der Waals surface area contributed by atoms with E-state index in [9.17, 15) is 5.11 Å². The highest BCUT2D eigenvalue weighted by molar-refractivity contribution is 5.62. The van der Waals surface area contributed by atoms with Crippen LogP contribution >= 0.6 is 0 Å². The molecule has 1 aliphatic carbocycles. The molecule has 4 nitrogen and oxygen atoms in total. The van der Waals surface area contributed by atoms with Gasteiger partial charge in [0.15, 0.2) is 0 Å². The van der Waals surface area contributed by atoms with Crippen LogP contribution < -0.4 is 15.8 Å². The van der Waals surface area contributed by atoms with Gasteiger partial charge in [-0.1, -0.05) is 0 Å². The van der Waals surface area contributed by atoms with Gasteiger partial charge in [-0.3, -0.25) is 0 Å². The van der Waals surface area contributed by atoms with Crippen molar-refractivity contribution in [1.29, 1.82) is 0 Å². The van der Waals surface area contributed by atoms with E-state index >= 15 is 0 Å². The number of nitrogen functional groups attached to an aromatic ring is 1. The zero-order valence-electron chi connectivity index (χ0n) is 8.79. The summed E-state index contributed by atoms with van der Waals surface area (Å²) in [4.78, 5) is 0. The summed E-state index contributed by atoms with van der Waals surface area (Å²) in [5.41, 5.74) is 7.16. The summed E-state index contributed by atoms with van der Waals surface area (Å²) in [6, 6.07) is 5.55. The number of ether oxygens (including phenoxy) is 1. The highest BCUT2D eigenvalue weighted by atomic mass is 16.5. The van der Waals surface area contributed by atoms with E-state index in [1.807, 2.05) is 12.1 Å². The molecular formula is C11H16N2O2. The lowest BCUT2D eigenvalue weighted by Crippen LogP contribution is -2.25. The molecule has 2 rings (SSSR count). The Balaban J connectivity index is 2.15. The van der Waals surface area contributed by atoms with Crippen molar-refractivity contribution in [3.8, 4) is 5.75 Å². The normalized spacial score (nSPS) is 17.2. The average molecular weight is 208 g/mol. The van der Waals surface area contributed by atoms with E-state index in [0.29, 0.717) is 11.4 Å². The van der Waals surface area contributed by atoms with Gasteiger partial charge in [0.2, 0.25) is 0 Å². The summed E-state index contributed by atoms with van der Waals surface area (Å²) in [6.07, 6.45) is 2.02. The zero-order chi connectivity index (χ0) is 10.9. The number of hydrogen-bond acceptors (Lipinski definition) is 4. The smallest absolute Gasteiger partial charge is 0.143 e. The number of benzene rings is 1. The van der Waals surface area contributed by atoms with E-state index in [-0.39, 0.29) is 12.1 Å². The van der Waals surface area contributed by atoms with Crippen molar-refractivity contribution in [2.24, 2.45) is 0 Å². The number of methoxy groups -OCH3 is 1. The van der Waals surface area contributed by atoms with Crippen LogP contribution in [0.5, 0.6) is 5.75 Å². The molecule has 1 saturated carbocycles. The van der Waals surface area contributed by atoms with E-state index in [1.165, 1.54) is 0 Å². The van der Waals surface area contributed by atoms with Crippen molar-refractivity contribution < 1.29 is 9.84 Å². The number of aliphatic hydroxyl groups excluding tert-OH is 1. The second kappa shape index (κ2) is 3.62. The SMILES string of the molecule is COc1cc(NC2(CO)CC2)ccc1N. The van der Waals surface area contributed by atoms with Gasteiger partial charge in [0.05, 0.1) is 24.9 Å². The summed E-state index contributed by atoms with van der Waals surface area (Å²) in [5, 5.41) is 12.5. The fraction of sp³-hybridized carbons (Fsp3) is 0.455. The van der Waals surface area contributed by atoms with E-state index in [1.54, 1.807) is 13.2 Å². The van der Waals surface area contributed by atoms with Crippen LogP contribution in [0.25, 0.3) is 0 Å². The van der Waals surface area contributed by atoms with E-state index in [0.717, 1.165) is 18.5 Å². The maximum Gasteiger partial charge on any atom is 0.143 e. The fourth-order valence-corrected chi connectivity index (χ4v) is 1.57. The third-order valence-electron chi connectivity index (χ3n) is 2.80. The lowest BCUT2D eigenvalue weighted by atomic mass is 10.2. The molecule has 82 valence electrons. The zero-order valence-corrected chi connectivity index (χ0v) is 8.79. The first kappa shape index (κ1) is 10.1. The number of anilines is 2. The largest absolute Gasteiger partial charge is 0.495 e. The Kier molecular flexibility index (Phi) is 2.44. The van der Waals surface area contributed by atoms with Crippen LogP contribution in [0.3, 0.4) is 0 Å². The Hall–Kier alpha value is -1.42. The van der Waals surface area contributed by atoms with Crippen LogP contribution in [0.1, 0.15) is 12.8 Å². The van der Waals surface area contributed by atoms with Crippen LogP contribution in [0.15, 0.2) is 18.2 Å². The molecule has 4 N–H and O–H groups in total. The van der Waals surface area contributed by atoms with Gasteiger partial charge >= 0.3 is 0 Å². The van der Waals surface area contributed by atoms with Crippen molar-refractivity contribution in [3.63, 3.8) is 0 Å². The molecule has 0 unspecified atom stereocenters. The Labute approximate surface area is 89.0 Å². The van der Waals surface area contributed by atoms with Gasteiger partial charge in [0, 0.05) is 11.8 Å². The first-order chi connectivity index (χ1) is 7.19. The number of hydrogen-bond donors (Lipinski definition) is 3. The Bertz CT molecular complexity index is 362. The Morgan fingerprint density at radius 2 is 2.27 bits per heavy atom. The van der Waals surface area contributed by atoms with Crippen LogP contribution in [0.4, 0.5) is 11.4 Å². The first-order valence-corrected chi connectivity index (χ1v) is 5.02. The summed E-state index contributed by atoms with van der Waals surface area (Å²) in [6.45, 7) is 0.166. The molecule has 15 heavy (non-hydrogen) atoms. The van der Waals surface area contributed by atoms with E-state index < -0.39 is 0 Å². The number of aliphatic hydroxyl groups is 1. The number of rotatable bonds is 4. The fourth-order valence-electron chi connectivity index (χ4n) is 1.57. The maximum atomic E-state index is 9.18. The Morgan fingerprint density at radius 1 is 1.53 bits per heavy atom. The van der Waals surface area contributed by atoms with E-state index in [4.69, 9.17) is 10.5 Å². The molecule has 0 aliphatic heterocycles. The van der Waals surface area contributed by atoms with Crippen molar-refractivity contribution in [2.45, 2.75) is 18.4 Å². The molecule has 1 aliphatic rings. The van der Waals surface area contributed by atoms with Crippen LogP contribution in [-0.2, 0) is 0 Å². The minimum Gasteiger partial charge on any atom is -0.495 e. The summed E-state index contributed by atoms with van der Waals surface area (Å²) in [7, 11) is 1.59. The topological polar surface area (TPSA) is 67.5 Å². The number of nitrogens with two attached hydrogens (primary N) is 1. The molecule has 0 spiro atoms. The lowest BCUT2D eigenvalue weighted by Gasteiger charge is -2.16. The lowest BCUT2D eigenvalue weighted by molar-refractivity contribution is 0.266. The molecule has 0 amide bonds. The molecule has 0 saturated heterocycles. The van der Waals surface area contributed by atoms with Gasteiger partial charge in [-0.15, -0.1) is 0 Å². The second-order valence-electron chi connectivity index (χ2n) is 4.02. The molecule has 1 aromatic rings. The van der Waals surface area contributed by atoms with Gasteiger partial charge in [-0.25, -0.2) is 0 Å². The van der Waals surface area contributed by atoms with Gasteiger partial charge in [0.25, 0.3) is 0 Å². The maximum absolute atomic E-state index is 9.18. The summed E-state index contributed by atoms with van der Waals surface area (Å²) >= 11 is 0. The molecule has 0 aromatic heterocycles. The predicted molar refractivity (Wildman–Crippen MR) is 60.1 cm³/mol. The minimum absolute atomic E-state index is 0.110. The third kappa shape index (κ3) is 1.99. The molecule has 1 aromatic carbocycles. The Morgan fingerprint density at radius 3 is 2.80 bits per heavy atom. The van der Waals surface area contributed by atoms with Crippen LogP contribution in [0, 0.1) is 0 Å². The van der Waals surface area contributed by atoms with Gasteiger partial charge in [-0.2, -0.15) is 0 Å². The molecule has 0 atom stereocenters. The molecule has 4 heteroatoms. The third-order valence-corrected chi connectivity index (χ3v) is 2.80. The number of nitrogens with one attached hydrogen (secondary N) is 1. The average Bonchev–Trinajstić information content (AvgIpc) is 3.02. The van der Waals surface area contributed by atoms with Crippen molar-refractivity contribution in [3.05, 3.63) is 18.2 Å². The van der Waals surface area contributed by atoms with Crippen LogP contribution in [-0.4, -0.2) is 24.4 Å². The van der Waals surface area contributed by atoms with Crippen molar-refractivity contribution >= 4 is 11.4 Å². The molecule has 0 bridgehead atoms. The molecule has 0 heterocycles. The predicted octanol–water partition coefficient (Wildman–Crippen LogP) is 1.21. The monoisotopic (exact) mass is 208 g/mol.